The summed E-state index contributed by atoms with van der Waals surface area (Å²) in [5.41, 5.74) is 1.02. The van der Waals surface area contributed by atoms with E-state index >= 15 is 0 Å². The van der Waals surface area contributed by atoms with Crippen LogP contribution in [0.25, 0.3) is 0 Å². The molecule has 1 N–H and O–H groups in total. The molecule has 2 rings (SSSR count). The molecule has 0 amide bonds. The largest absolute Gasteiger partial charge is 0.493 e. The average Bonchev–Trinajstić information content (AvgIpc) is 2.85. The second kappa shape index (κ2) is 6.66. The Balaban J connectivity index is 1.97. The second-order valence-electron chi connectivity index (χ2n) is 5.32. The van der Waals surface area contributed by atoms with Crippen LogP contribution in [-0.2, 0) is 11.3 Å². The maximum absolute atomic E-state index is 6.19. The Labute approximate surface area is 125 Å². The molecule has 0 bridgehead atoms. The van der Waals surface area contributed by atoms with E-state index in [2.05, 4.69) is 12.2 Å². The summed E-state index contributed by atoms with van der Waals surface area (Å²) in [6.07, 6.45) is 2.24. The first-order valence-corrected chi connectivity index (χ1v) is 7.21. The number of nitrogens with one attached hydrogen (secondary N) is 1. The minimum atomic E-state index is -0.0413. The van der Waals surface area contributed by atoms with Gasteiger partial charge in [0.25, 0.3) is 0 Å². The number of rotatable bonds is 6. The first kappa shape index (κ1) is 15.4. The molecule has 0 aliphatic carbocycles. The predicted octanol–water partition coefficient (Wildman–Crippen LogP) is 3.02. The van der Waals surface area contributed by atoms with Crippen molar-refractivity contribution < 1.29 is 14.2 Å². The molecule has 20 heavy (non-hydrogen) atoms. The van der Waals surface area contributed by atoms with Crippen molar-refractivity contribution in [2.75, 3.05) is 27.4 Å². The van der Waals surface area contributed by atoms with Crippen LogP contribution < -0.4 is 14.8 Å². The van der Waals surface area contributed by atoms with Gasteiger partial charge in [0.2, 0.25) is 0 Å². The Morgan fingerprint density at radius 1 is 1.35 bits per heavy atom. The fourth-order valence-corrected chi connectivity index (χ4v) is 2.83. The molecule has 0 radical (unpaired) electrons. The van der Waals surface area contributed by atoms with Crippen LogP contribution in [0.15, 0.2) is 12.1 Å². The van der Waals surface area contributed by atoms with E-state index in [0.717, 1.165) is 38.1 Å². The van der Waals surface area contributed by atoms with Gasteiger partial charge >= 0.3 is 0 Å². The summed E-state index contributed by atoms with van der Waals surface area (Å²) < 4.78 is 16.3. The first-order valence-electron chi connectivity index (χ1n) is 6.83. The smallest absolute Gasteiger partial charge is 0.179 e. The van der Waals surface area contributed by atoms with Crippen molar-refractivity contribution in [3.05, 3.63) is 22.7 Å². The van der Waals surface area contributed by atoms with Gasteiger partial charge in [0.15, 0.2) is 11.5 Å². The van der Waals surface area contributed by atoms with Gasteiger partial charge in [-0.2, -0.15) is 0 Å². The third kappa shape index (κ3) is 3.57. The average molecular weight is 300 g/mol. The normalized spacial score (nSPS) is 22.0. The van der Waals surface area contributed by atoms with Crippen LogP contribution in [0.3, 0.4) is 0 Å². The highest BCUT2D eigenvalue weighted by Gasteiger charge is 2.29. The van der Waals surface area contributed by atoms with Crippen molar-refractivity contribution >= 4 is 11.6 Å². The summed E-state index contributed by atoms with van der Waals surface area (Å²) in [7, 11) is 3.19. The molecule has 1 atom stereocenters. The molecular weight excluding hydrogens is 278 g/mol. The molecule has 1 saturated heterocycles. The Morgan fingerprint density at radius 3 is 2.75 bits per heavy atom. The molecule has 1 fully saturated rings. The molecule has 4 nitrogen and oxygen atoms in total. The van der Waals surface area contributed by atoms with Gasteiger partial charge in [0.1, 0.15) is 0 Å². The minimum absolute atomic E-state index is 0.0413. The topological polar surface area (TPSA) is 39.7 Å². The van der Waals surface area contributed by atoms with E-state index in [1.165, 1.54) is 0 Å². The van der Waals surface area contributed by atoms with E-state index in [1.54, 1.807) is 14.2 Å². The Kier molecular flexibility index (Phi) is 5.13. The minimum Gasteiger partial charge on any atom is -0.493 e. The van der Waals surface area contributed by atoms with Gasteiger partial charge in [-0.15, -0.1) is 0 Å². The lowest BCUT2D eigenvalue weighted by molar-refractivity contribution is 0.0207. The second-order valence-corrected chi connectivity index (χ2v) is 5.73. The number of hydrogen-bond acceptors (Lipinski definition) is 4. The van der Waals surface area contributed by atoms with Crippen molar-refractivity contribution in [1.82, 2.24) is 5.32 Å². The third-order valence-corrected chi connectivity index (χ3v) is 3.90. The van der Waals surface area contributed by atoms with E-state index in [-0.39, 0.29) is 5.60 Å². The third-order valence-electron chi connectivity index (χ3n) is 3.62. The zero-order valence-electron chi connectivity index (χ0n) is 12.3. The highest BCUT2D eigenvalue weighted by molar-refractivity contribution is 6.32. The molecule has 1 aromatic carbocycles. The van der Waals surface area contributed by atoms with Crippen molar-refractivity contribution in [2.24, 2.45) is 0 Å². The molecule has 0 aromatic heterocycles. The van der Waals surface area contributed by atoms with Crippen LogP contribution in [0.2, 0.25) is 5.02 Å². The zero-order valence-corrected chi connectivity index (χ0v) is 13.0. The number of hydrogen-bond donors (Lipinski definition) is 1. The zero-order chi connectivity index (χ0) is 14.6. The fourth-order valence-electron chi connectivity index (χ4n) is 2.52. The van der Waals surface area contributed by atoms with Crippen LogP contribution in [0.5, 0.6) is 11.5 Å². The van der Waals surface area contributed by atoms with Crippen molar-refractivity contribution in [2.45, 2.75) is 31.9 Å². The predicted molar refractivity (Wildman–Crippen MR) is 79.9 cm³/mol. The summed E-state index contributed by atoms with van der Waals surface area (Å²) in [6, 6.07) is 3.84. The van der Waals surface area contributed by atoms with Gasteiger partial charge in [-0.25, -0.2) is 0 Å². The fraction of sp³-hybridized carbons (Fsp3) is 0.600. The maximum Gasteiger partial charge on any atom is 0.179 e. The number of methoxy groups -OCH3 is 2. The van der Waals surface area contributed by atoms with Gasteiger partial charge in [-0.05, 0) is 37.5 Å². The van der Waals surface area contributed by atoms with E-state index in [1.807, 2.05) is 12.1 Å². The monoisotopic (exact) mass is 299 g/mol. The molecule has 0 spiro atoms. The van der Waals surface area contributed by atoms with Gasteiger partial charge in [0, 0.05) is 19.7 Å². The lowest BCUT2D eigenvalue weighted by Gasteiger charge is -2.23. The summed E-state index contributed by atoms with van der Waals surface area (Å²) in [6.45, 7) is 4.56. The van der Waals surface area contributed by atoms with Crippen molar-refractivity contribution in [1.29, 1.82) is 0 Å². The SMILES string of the molecule is COc1cc(CNCC2(C)CCCO2)cc(Cl)c1OC. The molecule has 112 valence electrons. The molecular formula is C15H22ClNO3. The number of benzene rings is 1. The Bertz CT molecular complexity index is 459. The van der Waals surface area contributed by atoms with Gasteiger partial charge < -0.3 is 19.5 Å². The van der Waals surface area contributed by atoms with Crippen molar-refractivity contribution in [3.63, 3.8) is 0 Å². The van der Waals surface area contributed by atoms with Gasteiger partial charge in [-0.3, -0.25) is 0 Å². The van der Waals surface area contributed by atoms with Gasteiger partial charge in [0.05, 0.1) is 24.8 Å². The molecule has 1 aliphatic rings. The van der Waals surface area contributed by atoms with Crippen LogP contribution in [0.4, 0.5) is 0 Å². The lowest BCUT2D eigenvalue weighted by Crippen LogP contribution is -2.36. The number of ether oxygens (including phenoxy) is 3. The molecule has 5 heteroatoms. The summed E-state index contributed by atoms with van der Waals surface area (Å²) in [4.78, 5) is 0. The maximum atomic E-state index is 6.19. The molecule has 0 saturated carbocycles. The van der Waals surface area contributed by atoms with E-state index in [9.17, 15) is 0 Å². The summed E-state index contributed by atoms with van der Waals surface area (Å²) in [5, 5.41) is 3.98. The highest BCUT2D eigenvalue weighted by Crippen LogP contribution is 2.36. The molecule has 1 aromatic rings. The van der Waals surface area contributed by atoms with Crippen LogP contribution in [0.1, 0.15) is 25.3 Å². The van der Waals surface area contributed by atoms with Crippen LogP contribution >= 0.6 is 11.6 Å². The quantitative estimate of drug-likeness (QED) is 0.876. The summed E-state index contributed by atoms with van der Waals surface area (Å²) in [5.74, 6) is 1.23. The molecule has 1 unspecified atom stereocenters. The highest BCUT2D eigenvalue weighted by atomic mass is 35.5. The Morgan fingerprint density at radius 2 is 2.15 bits per heavy atom. The van der Waals surface area contributed by atoms with E-state index in [0.29, 0.717) is 16.5 Å². The summed E-state index contributed by atoms with van der Waals surface area (Å²) >= 11 is 6.19. The number of halogens is 1. The Hall–Kier alpha value is -0.970. The van der Waals surface area contributed by atoms with Crippen molar-refractivity contribution in [3.8, 4) is 11.5 Å². The van der Waals surface area contributed by atoms with E-state index < -0.39 is 0 Å². The molecule has 1 heterocycles. The first-order chi connectivity index (χ1) is 9.58. The van der Waals surface area contributed by atoms with Gasteiger partial charge in [-0.1, -0.05) is 11.6 Å². The lowest BCUT2D eigenvalue weighted by atomic mass is 10.0. The van der Waals surface area contributed by atoms with Crippen LogP contribution in [0, 0.1) is 0 Å². The van der Waals surface area contributed by atoms with E-state index in [4.69, 9.17) is 25.8 Å². The van der Waals surface area contributed by atoms with Crippen LogP contribution in [-0.4, -0.2) is 33.0 Å². The molecule has 1 aliphatic heterocycles. The standard InChI is InChI=1S/C15H22ClNO3/c1-15(5-4-6-20-15)10-17-9-11-7-12(16)14(19-3)13(8-11)18-2/h7-8,17H,4-6,9-10H2,1-3H3.